The second-order valence-electron chi connectivity index (χ2n) is 9.61. The molecule has 0 aromatic carbocycles. The minimum absolute atomic E-state index is 0. The van der Waals surface area contributed by atoms with Crippen LogP contribution in [0.4, 0.5) is 0 Å². The van der Waals surface area contributed by atoms with Crippen molar-refractivity contribution in [3.8, 4) is 0 Å². The molecule has 2 saturated carbocycles. The van der Waals surface area contributed by atoms with Crippen LogP contribution >= 0.6 is 24.0 Å². The number of nitrogens with one attached hydrogen (secondary N) is 2. The standard InChI is InChI=1S/C22H39N5O2.HI/c1-4-23-21(24-16-7-12-27(13-8-16)15-18(28)26(2)3)25-19-17-9-14-29-20(17)22(19)10-5-6-11-22;/h16-17,19-20H,4-15H2,1-3H3,(H2,23,24,25);1H. The van der Waals surface area contributed by atoms with Gasteiger partial charge >= 0.3 is 0 Å². The largest absolute Gasteiger partial charge is 0.377 e. The summed E-state index contributed by atoms with van der Waals surface area (Å²) in [6.07, 6.45) is 9.02. The Morgan fingerprint density at radius 3 is 2.50 bits per heavy atom. The van der Waals surface area contributed by atoms with E-state index in [9.17, 15) is 4.79 Å². The minimum atomic E-state index is 0. The van der Waals surface area contributed by atoms with Gasteiger partial charge < -0.3 is 20.3 Å². The van der Waals surface area contributed by atoms with E-state index in [1.54, 1.807) is 4.90 Å². The van der Waals surface area contributed by atoms with E-state index in [4.69, 9.17) is 9.73 Å². The van der Waals surface area contributed by atoms with Crippen molar-refractivity contribution < 1.29 is 9.53 Å². The van der Waals surface area contributed by atoms with Gasteiger partial charge in [-0.05, 0) is 39.0 Å². The summed E-state index contributed by atoms with van der Waals surface area (Å²) in [7, 11) is 3.65. The average molecular weight is 533 g/mol. The molecule has 1 spiro atoms. The number of hydrogen-bond acceptors (Lipinski definition) is 4. The molecule has 4 fully saturated rings. The number of amides is 1. The van der Waals surface area contributed by atoms with E-state index in [1.807, 2.05) is 14.1 Å². The molecule has 1 amide bonds. The fourth-order valence-electron chi connectivity index (χ4n) is 6.10. The summed E-state index contributed by atoms with van der Waals surface area (Å²) in [5.74, 6) is 1.82. The summed E-state index contributed by atoms with van der Waals surface area (Å²) in [5.41, 5.74) is 0.341. The summed E-state index contributed by atoms with van der Waals surface area (Å²) in [6, 6.07) is 0.932. The number of guanidine groups is 1. The van der Waals surface area contributed by atoms with Crippen molar-refractivity contribution in [1.29, 1.82) is 0 Å². The first-order valence-electron chi connectivity index (χ1n) is 11.6. The first-order valence-corrected chi connectivity index (χ1v) is 11.6. The van der Waals surface area contributed by atoms with Crippen molar-refractivity contribution >= 4 is 35.8 Å². The molecule has 4 rings (SSSR count). The van der Waals surface area contributed by atoms with Crippen LogP contribution in [0.3, 0.4) is 0 Å². The fraction of sp³-hybridized carbons (Fsp3) is 0.909. The highest BCUT2D eigenvalue weighted by Gasteiger charge is 2.65. The number of likely N-dealkylation sites (tertiary alicyclic amines) is 1. The molecule has 2 saturated heterocycles. The number of carbonyl (C=O) groups is 1. The Bertz CT molecular complexity index is 615. The lowest BCUT2D eigenvalue weighted by atomic mass is 9.54. The third-order valence-corrected chi connectivity index (χ3v) is 7.68. The van der Waals surface area contributed by atoms with Crippen LogP contribution in [0, 0.1) is 11.3 Å². The number of fused-ring (bicyclic) bond motifs is 2. The molecule has 0 aromatic rings. The predicted molar refractivity (Wildman–Crippen MR) is 130 cm³/mol. The van der Waals surface area contributed by atoms with E-state index in [0.29, 0.717) is 36.1 Å². The van der Waals surface area contributed by atoms with Gasteiger partial charge in [0.1, 0.15) is 0 Å². The van der Waals surface area contributed by atoms with Gasteiger partial charge in [0.2, 0.25) is 5.91 Å². The van der Waals surface area contributed by atoms with Gasteiger partial charge in [-0.25, -0.2) is 0 Å². The predicted octanol–water partition coefficient (Wildman–Crippen LogP) is 2.06. The number of likely N-dealkylation sites (N-methyl/N-ethyl adjacent to an activating group) is 1. The molecule has 7 nitrogen and oxygen atoms in total. The van der Waals surface area contributed by atoms with Crippen molar-refractivity contribution in [3.05, 3.63) is 0 Å². The van der Waals surface area contributed by atoms with Gasteiger partial charge in [0, 0.05) is 63.8 Å². The Morgan fingerprint density at radius 1 is 1.17 bits per heavy atom. The van der Waals surface area contributed by atoms with Gasteiger partial charge in [0.25, 0.3) is 0 Å². The highest BCUT2D eigenvalue weighted by molar-refractivity contribution is 14.0. The number of piperidine rings is 1. The monoisotopic (exact) mass is 533 g/mol. The van der Waals surface area contributed by atoms with Crippen LogP contribution in [0.5, 0.6) is 0 Å². The van der Waals surface area contributed by atoms with E-state index < -0.39 is 0 Å². The molecule has 0 bridgehead atoms. The summed E-state index contributed by atoms with van der Waals surface area (Å²) in [4.78, 5) is 20.7. The third kappa shape index (κ3) is 4.75. The summed E-state index contributed by atoms with van der Waals surface area (Å²) >= 11 is 0. The number of aliphatic imine (C=N–C) groups is 1. The maximum Gasteiger partial charge on any atom is 0.236 e. The Labute approximate surface area is 198 Å². The second kappa shape index (κ2) is 10.3. The van der Waals surface area contributed by atoms with Gasteiger partial charge in [-0.15, -0.1) is 24.0 Å². The zero-order valence-corrected chi connectivity index (χ0v) is 21.2. The molecule has 2 heterocycles. The molecule has 3 atom stereocenters. The Balaban J connectivity index is 0.00000256. The number of carbonyl (C=O) groups excluding carboxylic acids is 1. The van der Waals surface area contributed by atoms with Crippen LogP contribution in [0.15, 0.2) is 4.99 Å². The smallest absolute Gasteiger partial charge is 0.236 e. The summed E-state index contributed by atoms with van der Waals surface area (Å²) < 4.78 is 6.13. The number of halogens is 1. The molecule has 0 aromatic heterocycles. The summed E-state index contributed by atoms with van der Waals surface area (Å²) in [6.45, 7) is 6.27. The van der Waals surface area contributed by atoms with Crippen LogP contribution in [0.25, 0.3) is 0 Å². The van der Waals surface area contributed by atoms with Crippen LogP contribution in [-0.2, 0) is 9.53 Å². The molecule has 30 heavy (non-hydrogen) atoms. The first kappa shape index (κ1) is 24.0. The van der Waals surface area contributed by atoms with E-state index in [1.165, 1.54) is 32.1 Å². The fourth-order valence-corrected chi connectivity index (χ4v) is 6.10. The third-order valence-electron chi connectivity index (χ3n) is 7.68. The lowest BCUT2D eigenvalue weighted by Crippen LogP contribution is -2.69. The van der Waals surface area contributed by atoms with E-state index >= 15 is 0 Å². The molecule has 4 aliphatic rings. The van der Waals surface area contributed by atoms with Gasteiger partial charge in [-0.3, -0.25) is 14.7 Å². The lowest BCUT2D eigenvalue weighted by Gasteiger charge is -2.57. The SMILES string of the molecule is CCN=C(NC1CCN(CC(=O)N(C)C)CC1)NC1C2CCOC2C12CCCC2.I. The van der Waals surface area contributed by atoms with Crippen molar-refractivity contribution in [2.24, 2.45) is 16.3 Å². The van der Waals surface area contributed by atoms with Crippen molar-refractivity contribution in [2.45, 2.75) is 70.1 Å². The molecular formula is C22H40IN5O2. The molecule has 0 radical (unpaired) electrons. The number of nitrogens with zero attached hydrogens (tertiary/aromatic N) is 3. The molecule has 2 N–H and O–H groups in total. The first-order chi connectivity index (χ1) is 14.0. The molecular weight excluding hydrogens is 493 g/mol. The highest BCUT2D eigenvalue weighted by Crippen LogP contribution is 2.60. The van der Waals surface area contributed by atoms with Gasteiger partial charge in [-0.2, -0.15) is 0 Å². The van der Waals surface area contributed by atoms with Crippen LogP contribution in [0.1, 0.15) is 51.9 Å². The quantitative estimate of drug-likeness (QED) is 0.322. The normalized spacial score (nSPS) is 31.0. The highest BCUT2D eigenvalue weighted by atomic mass is 127. The Morgan fingerprint density at radius 2 is 1.87 bits per heavy atom. The Kier molecular flexibility index (Phi) is 8.28. The van der Waals surface area contributed by atoms with Gasteiger partial charge in [0.15, 0.2) is 5.96 Å². The molecule has 8 heteroatoms. The number of hydrogen-bond donors (Lipinski definition) is 2. The molecule has 2 aliphatic carbocycles. The maximum atomic E-state index is 12.0. The average Bonchev–Trinajstić information content (AvgIpc) is 3.36. The Hall–Kier alpha value is -0.610. The molecule has 3 unspecified atom stereocenters. The van der Waals surface area contributed by atoms with Crippen LogP contribution in [-0.4, -0.2) is 86.7 Å². The topological polar surface area (TPSA) is 69.2 Å². The zero-order chi connectivity index (χ0) is 20.4. The van der Waals surface area contributed by atoms with Crippen LogP contribution in [0.2, 0.25) is 0 Å². The number of ether oxygens (including phenoxy) is 1. The van der Waals surface area contributed by atoms with E-state index in [0.717, 1.165) is 45.0 Å². The van der Waals surface area contributed by atoms with Crippen molar-refractivity contribution in [2.75, 3.05) is 46.9 Å². The molecule has 172 valence electrons. The maximum absolute atomic E-state index is 12.0. The van der Waals surface area contributed by atoms with E-state index in [-0.39, 0.29) is 29.9 Å². The van der Waals surface area contributed by atoms with E-state index in [2.05, 4.69) is 22.5 Å². The minimum Gasteiger partial charge on any atom is -0.377 e. The second-order valence-corrected chi connectivity index (χ2v) is 9.61. The van der Waals surface area contributed by atoms with Crippen molar-refractivity contribution in [3.63, 3.8) is 0 Å². The number of rotatable bonds is 5. The lowest BCUT2D eigenvalue weighted by molar-refractivity contribution is -0.130. The van der Waals surface area contributed by atoms with Gasteiger partial charge in [0.05, 0.1) is 12.6 Å². The summed E-state index contributed by atoms with van der Waals surface area (Å²) in [5, 5.41) is 7.56. The zero-order valence-electron chi connectivity index (χ0n) is 18.9. The molecule has 2 aliphatic heterocycles. The van der Waals surface area contributed by atoms with Crippen LogP contribution < -0.4 is 10.6 Å². The van der Waals surface area contributed by atoms with Crippen molar-refractivity contribution in [1.82, 2.24) is 20.4 Å². The van der Waals surface area contributed by atoms with Gasteiger partial charge in [-0.1, -0.05) is 12.8 Å².